The standard InChI is InChI=1S/C12H15N5S/c1-2-6-14-9-8-11(17-12(13)16-9)18-10-5-3-4-7-15-10/h3-5,7-8H,2,6H2,1H3,(H3,13,14,16,17). The molecule has 2 aromatic heterocycles. The summed E-state index contributed by atoms with van der Waals surface area (Å²) in [4.78, 5) is 12.6. The van der Waals surface area contributed by atoms with Crippen LogP contribution in [0, 0.1) is 0 Å². The molecule has 0 saturated heterocycles. The maximum atomic E-state index is 5.69. The van der Waals surface area contributed by atoms with Crippen LogP contribution in [0.4, 0.5) is 11.8 Å². The summed E-state index contributed by atoms with van der Waals surface area (Å²) in [6.07, 6.45) is 2.79. The molecule has 3 N–H and O–H groups in total. The van der Waals surface area contributed by atoms with Crippen LogP contribution in [0.15, 0.2) is 40.5 Å². The molecule has 0 spiro atoms. The SMILES string of the molecule is CCCNc1cc(Sc2ccccn2)nc(N)n1. The van der Waals surface area contributed by atoms with Crippen molar-refractivity contribution in [2.45, 2.75) is 23.4 Å². The molecular weight excluding hydrogens is 246 g/mol. The Labute approximate surface area is 110 Å². The third kappa shape index (κ3) is 3.59. The van der Waals surface area contributed by atoms with E-state index < -0.39 is 0 Å². The highest BCUT2D eigenvalue weighted by molar-refractivity contribution is 7.99. The molecule has 0 aromatic carbocycles. The minimum atomic E-state index is 0.273. The summed E-state index contributed by atoms with van der Waals surface area (Å²) in [7, 11) is 0. The minimum absolute atomic E-state index is 0.273. The Hall–Kier alpha value is -1.82. The van der Waals surface area contributed by atoms with Gasteiger partial charge in [0.25, 0.3) is 0 Å². The van der Waals surface area contributed by atoms with Crippen molar-refractivity contribution in [3.8, 4) is 0 Å². The van der Waals surface area contributed by atoms with Gasteiger partial charge in [-0.25, -0.2) is 9.97 Å². The predicted molar refractivity (Wildman–Crippen MR) is 73.6 cm³/mol. The summed E-state index contributed by atoms with van der Waals surface area (Å²) in [6.45, 7) is 2.96. The smallest absolute Gasteiger partial charge is 0.223 e. The number of nitrogen functional groups attached to an aromatic ring is 1. The monoisotopic (exact) mass is 261 g/mol. The van der Waals surface area contributed by atoms with Crippen LogP contribution in [0.2, 0.25) is 0 Å². The first kappa shape index (κ1) is 12.6. The average molecular weight is 261 g/mol. The number of nitrogens with one attached hydrogen (secondary N) is 1. The maximum Gasteiger partial charge on any atom is 0.223 e. The molecule has 2 rings (SSSR count). The summed E-state index contributed by atoms with van der Waals surface area (Å²) >= 11 is 1.47. The second kappa shape index (κ2) is 6.20. The maximum absolute atomic E-state index is 5.69. The molecular formula is C12H15N5S. The van der Waals surface area contributed by atoms with E-state index in [4.69, 9.17) is 5.73 Å². The number of rotatable bonds is 5. The predicted octanol–water partition coefficient (Wildman–Crippen LogP) is 2.43. The number of anilines is 2. The van der Waals surface area contributed by atoms with E-state index in [1.807, 2.05) is 24.3 Å². The van der Waals surface area contributed by atoms with Gasteiger partial charge in [0.1, 0.15) is 15.9 Å². The molecule has 2 heterocycles. The molecule has 0 fully saturated rings. The molecule has 0 amide bonds. The van der Waals surface area contributed by atoms with Gasteiger partial charge in [-0.15, -0.1) is 0 Å². The summed E-state index contributed by atoms with van der Waals surface area (Å²) in [5, 5.41) is 4.87. The first-order valence-corrected chi connectivity index (χ1v) is 6.57. The highest BCUT2D eigenvalue weighted by Gasteiger charge is 2.04. The molecule has 0 bridgehead atoms. The normalized spacial score (nSPS) is 10.3. The van der Waals surface area contributed by atoms with Gasteiger partial charge in [-0.3, -0.25) is 0 Å². The van der Waals surface area contributed by atoms with Gasteiger partial charge in [0, 0.05) is 18.8 Å². The first-order chi connectivity index (χ1) is 8.78. The van der Waals surface area contributed by atoms with Gasteiger partial charge < -0.3 is 11.1 Å². The Morgan fingerprint density at radius 2 is 2.17 bits per heavy atom. The van der Waals surface area contributed by atoms with Crippen LogP contribution in [0.1, 0.15) is 13.3 Å². The topological polar surface area (TPSA) is 76.7 Å². The van der Waals surface area contributed by atoms with E-state index in [0.29, 0.717) is 0 Å². The summed E-state index contributed by atoms with van der Waals surface area (Å²) in [5.74, 6) is 1.03. The van der Waals surface area contributed by atoms with Crippen molar-refractivity contribution in [2.75, 3.05) is 17.6 Å². The quantitative estimate of drug-likeness (QED) is 0.805. The van der Waals surface area contributed by atoms with Gasteiger partial charge in [0.2, 0.25) is 5.95 Å². The molecule has 2 aromatic rings. The molecule has 6 heteroatoms. The zero-order valence-electron chi connectivity index (χ0n) is 10.1. The van der Waals surface area contributed by atoms with Crippen LogP contribution in [0.3, 0.4) is 0 Å². The number of nitrogens with zero attached hydrogens (tertiary/aromatic N) is 3. The molecule has 5 nitrogen and oxygen atoms in total. The Kier molecular flexibility index (Phi) is 4.35. The second-order valence-electron chi connectivity index (χ2n) is 3.65. The van der Waals surface area contributed by atoms with Crippen molar-refractivity contribution in [1.82, 2.24) is 15.0 Å². The van der Waals surface area contributed by atoms with Crippen molar-refractivity contribution >= 4 is 23.5 Å². The van der Waals surface area contributed by atoms with E-state index in [9.17, 15) is 0 Å². The minimum Gasteiger partial charge on any atom is -0.370 e. The highest BCUT2D eigenvalue weighted by Crippen LogP contribution is 2.25. The van der Waals surface area contributed by atoms with Crippen molar-refractivity contribution in [2.24, 2.45) is 0 Å². The molecule has 0 aliphatic carbocycles. The van der Waals surface area contributed by atoms with Crippen molar-refractivity contribution in [3.05, 3.63) is 30.5 Å². The fraction of sp³-hybridized carbons (Fsp3) is 0.250. The fourth-order valence-corrected chi connectivity index (χ4v) is 2.14. The fourth-order valence-electron chi connectivity index (χ4n) is 1.35. The van der Waals surface area contributed by atoms with E-state index in [1.165, 1.54) is 11.8 Å². The number of aromatic nitrogens is 3. The molecule has 0 unspecified atom stereocenters. The number of hydrogen-bond acceptors (Lipinski definition) is 6. The lowest BCUT2D eigenvalue weighted by atomic mass is 10.4. The van der Waals surface area contributed by atoms with Gasteiger partial charge in [-0.05, 0) is 30.3 Å². The van der Waals surface area contributed by atoms with Crippen molar-refractivity contribution < 1.29 is 0 Å². The summed E-state index contributed by atoms with van der Waals surface area (Å²) in [5.41, 5.74) is 5.69. The molecule has 94 valence electrons. The van der Waals surface area contributed by atoms with E-state index in [0.717, 1.165) is 28.8 Å². The first-order valence-electron chi connectivity index (χ1n) is 5.75. The van der Waals surface area contributed by atoms with E-state index in [-0.39, 0.29) is 5.95 Å². The van der Waals surface area contributed by atoms with E-state index >= 15 is 0 Å². The summed E-state index contributed by atoms with van der Waals surface area (Å²) < 4.78 is 0. The number of nitrogens with two attached hydrogens (primary N) is 1. The zero-order chi connectivity index (χ0) is 12.8. The second-order valence-corrected chi connectivity index (χ2v) is 4.69. The number of hydrogen-bond donors (Lipinski definition) is 2. The Balaban J connectivity index is 2.15. The van der Waals surface area contributed by atoms with Crippen LogP contribution in [-0.2, 0) is 0 Å². The molecule has 0 aliphatic heterocycles. The molecule has 0 aliphatic rings. The van der Waals surface area contributed by atoms with E-state index in [1.54, 1.807) is 6.20 Å². The van der Waals surface area contributed by atoms with Gasteiger partial charge in [0.05, 0.1) is 0 Å². The van der Waals surface area contributed by atoms with E-state index in [2.05, 4.69) is 27.2 Å². The summed E-state index contributed by atoms with van der Waals surface area (Å²) in [6, 6.07) is 7.64. The van der Waals surface area contributed by atoms with Gasteiger partial charge in [-0.2, -0.15) is 4.98 Å². The average Bonchev–Trinajstić information content (AvgIpc) is 2.37. The Bertz CT molecular complexity index is 503. The molecule has 18 heavy (non-hydrogen) atoms. The van der Waals surface area contributed by atoms with Crippen LogP contribution >= 0.6 is 11.8 Å². The third-order valence-corrected chi connectivity index (χ3v) is 2.99. The number of pyridine rings is 1. The lowest BCUT2D eigenvalue weighted by molar-refractivity contribution is 0.956. The third-order valence-electron chi connectivity index (χ3n) is 2.12. The Morgan fingerprint density at radius 1 is 1.28 bits per heavy atom. The lowest BCUT2D eigenvalue weighted by Crippen LogP contribution is -2.05. The van der Waals surface area contributed by atoms with Crippen LogP contribution in [0.25, 0.3) is 0 Å². The van der Waals surface area contributed by atoms with Crippen molar-refractivity contribution in [1.29, 1.82) is 0 Å². The lowest BCUT2D eigenvalue weighted by Gasteiger charge is -2.06. The highest BCUT2D eigenvalue weighted by atomic mass is 32.2. The van der Waals surface area contributed by atoms with Gasteiger partial charge >= 0.3 is 0 Å². The molecule has 0 atom stereocenters. The van der Waals surface area contributed by atoms with Crippen LogP contribution in [-0.4, -0.2) is 21.5 Å². The zero-order valence-corrected chi connectivity index (χ0v) is 10.9. The van der Waals surface area contributed by atoms with Crippen LogP contribution < -0.4 is 11.1 Å². The van der Waals surface area contributed by atoms with Gasteiger partial charge in [-0.1, -0.05) is 13.0 Å². The van der Waals surface area contributed by atoms with Crippen molar-refractivity contribution in [3.63, 3.8) is 0 Å². The largest absolute Gasteiger partial charge is 0.370 e. The Morgan fingerprint density at radius 3 is 2.89 bits per heavy atom. The van der Waals surface area contributed by atoms with Crippen LogP contribution in [0.5, 0.6) is 0 Å². The molecule has 0 radical (unpaired) electrons. The van der Waals surface area contributed by atoms with Gasteiger partial charge in [0.15, 0.2) is 0 Å². The molecule has 0 saturated carbocycles.